The van der Waals surface area contributed by atoms with E-state index in [9.17, 15) is 18.4 Å². The normalized spacial score (nSPS) is 19.2. The number of anilines is 1. The molecule has 3 rings (SSSR count). The van der Waals surface area contributed by atoms with Crippen molar-refractivity contribution in [3.63, 3.8) is 0 Å². The van der Waals surface area contributed by atoms with Gasteiger partial charge in [-0.15, -0.1) is 5.01 Å². The van der Waals surface area contributed by atoms with Gasteiger partial charge in [-0.25, -0.2) is 4.79 Å². The van der Waals surface area contributed by atoms with E-state index in [0.717, 1.165) is 16.3 Å². The van der Waals surface area contributed by atoms with Crippen LogP contribution in [-0.4, -0.2) is 43.9 Å². The molecule has 7 nitrogen and oxygen atoms in total. The van der Waals surface area contributed by atoms with Gasteiger partial charge in [-0.1, -0.05) is 24.3 Å². The summed E-state index contributed by atoms with van der Waals surface area (Å²) in [6.45, 7) is -1.42. The van der Waals surface area contributed by atoms with Crippen molar-refractivity contribution in [1.29, 1.82) is 0 Å². The van der Waals surface area contributed by atoms with E-state index < -0.39 is 24.1 Å². The molecule has 1 heterocycles. The molecule has 0 radical (unpaired) electrons. The fraction of sp³-hybridized carbons (Fsp3) is 0.250. The fourth-order valence-corrected chi connectivity index (χ4v) is 2.88. The van der Waals surface area contributed by atoms with Crippen molar-refractivity contribution in [2.45, 2.75) is 19.1 Å². The number of benzene rings is 2. The number of imide groups is 1. The zero-order valence-electron chi connectivity index (χ0n) is 16.1. The summed E-state index contributed by atoms with van der Waals surface area (Å²) in [5, 5.41) is 7.37. The number of halogens is 2. The van der Waals surface area contributed by atoms with Crippen molar-refractivity contribution >= 4 is 23.8 Å². The first-order chi connectivity index (χ1) is 13.7. The molecule has 1 N–H and O–H groups in total. The number of hydrazone groups is 1. The van der Waals surface area contributed by atoms with Crippen molar-refractivity contribution in [1.82, 2.24) is 10.3 Å². The molecule has 9 heteroatoms. The van der Waals surface area contributed by atoms with E-state index in [1.807, 2.05) is 43.3 Å². The van der Waals surface area contributed by atoms with E-state index in [2.05, 4.69) is 15.2 Å². The fourth-order valence-electron chi connectivity index (χ4n) is 2.88. The third-order valence-corrected chi connectivity index (χ3v) is 4.56. The molecule has 0 bridgehead atoms. The minimum atomic E-state index is -2.94. The van der Waals surface area contributed by atoms with Crippen LogP contribution < -0.4 is 15.0 Å². The van der Waals surface area contributed by atoms with E-state index in [1.54, 1.807) is 0 Å². The van der Waals surface area contributed by atoms with Crippen molar-refractivity contribution < 1.29 is 23.1 Å². The number of rotatable bonds is 6. The quantitative estimate of drug-likeness (QED) is 0.595. The van der Waals surface area contributed by atoms with Crippen LogP contribution >= 0.6 is 0 Å². The first-order valence-electron chi connectivity index (χ1n) is 8.74. The average molecular weight is 402 g/mol. The number of carbonyl (C=O) groups is 2. The van der Waals surface area contributed by atoms with E-state index in [1.165, 1.54) is 37.4 Å². The molecular weight excluding hydrogens is 382 g/mol. The molecule has 29 heavy (non-hydrogen) atoms. The lowest BCUT2D eigenvalue weighted by Crippen LogP contribution is -2.40. The highest BCUT2D eigenvalue weighted by Crippen LogP contribution is 2.30. The lowest BCUT2D eigenvalue weighted by molar-refractivity contribution is -0.131. The van der Waals surface area contributed by atoms with Crippen LogP contribution in [-0.2, 0) is 10.3 Å². The average Bonchev–Trinajstić information content (AvgIpc) is 2.90. The number of nitrogens with one attached hydrogen (secondary N) is 1. The SMILES string of the molecule is CN(C)c1ccc(C=NN2C(=O)NC(C)(c3ccc(OC(F)F)cc3)C2=O)cc1. The van der Waals surface area contributed by atoms with Crippen LogP contribution in [0.1, 0.15) is 18.1 Å². The van der Waals surface area contributed by atoms with Gasteiger partial charge < -0.3 is 15.0 Å². The predicted octanol–water partition coefficient (Wildman–Crippen LogP) is 3.16. The molecular formula is C20H20F2N4O3. The summed E-state index contributed by atoms with van der Waals surface area (Å²) in [5.41, 5.74) is 0.778. The number of carbonyl (C=O) groups excluding carboxylic acids is 2. The lowest BCUT2D eigenvalue weighted by Gasteiger charge is -2.21. The molecule has 2 aromatic carbocycles. The van der Waals surface area contributed by atoms with Gasteiger partial charge in [-0.3, -0.25) is 4.79 Å². The Hall–Kier alpha value is -3.49. The third kappa shape index (κ3) is 4.18. The Morgan fingerprint density at radius 2 is 1.72 bits per heavy atom. The molecule has 1 saturated heterocycles. The Morgan fingerprint density at radius 3 is 2.28 bits per heavy atom. The Balaban J connectivity index is 1.77. The topological polar surface area (TPSA) is 74.2 Å². The molecule has 1 unspecified atom stereocenters. The number of alkyl halides is 2. The van der Waals surface area contributed by atoms with Crippen LogP contribution in [0, 0.1) is 0 Å². The second-order valence-electron chi connectivity index (χ2n) is 6.81. The molecule has 2 aromatic rings. The van der Waals surface area contributed by atoms with E-state index in [0.29, 0.717) is 5.56 Å². The first-order valence-corrected chi connectivity index (χ1v) is 8.74. The van der Waals surface area contributed by atoms with E-state index in [-0.39, 0.29) is 5.75 Å². The van der Waals surface area contributed by atoms with Crippen molar-refractivity contribution in [2.24, 2.45) is 5.10 Å². The van der Waals surface area contributed by atoms with Gasteiger partial charge in [-0.2, -0.15) is 13.9 Å². The maximum absolute atomic E-state index is 12.8. The summed E-state index contributed by atoms with van der Waals surface area (Å²) in [6.07, 6.45) is 1.42. The Morgan fingerprint density at radius 1 is 1.10 bits per heavy atom. The molecule has 152 valence electrons. The van der Waals surface area contributed by atoms with Crippen LogP contribution in [0.5, 0.6) is 5.75 Å². The molecule has 0 aromatic heterocycles. The smallest absolute Gasteiger partial charge is 0.387 e. The summed E-state index contributed by atoms with van der Waals surface area (Å²) in [6, 6.07) is 12.3. The zero-order valence-corrected chi connectivity index (χ0v) is 16.1. The first kappa shape index (κ1) is 20.2. The third-order valence-electron chi connectivity index (χ3n) is 4.56. The zero-order chi connectivity index (χ0) is 21.2. The van der Waals surface area contributed by atoms with Gasteiger partial charge in [0.1, 0.15) is 11.3 Å². The largest absolute Gasteiger partial charge is 0.435 e. The summed E-state index contributed by atoms with van der Waals surface area (Å²) in [5.74, 6) is -0.619. The van der Waals surface area contributed by atoms with Gasteiger partial charge in [-0.05, 0) is 42.3 Å². The van der Waals surface area contributed by atoms with Gasteiger partial charge in [0.05, 0.1) is 6.21 Å². The highest BCUT2D eigenvalue weighted by atomic mass is 19.3. The number of ether oxygens (including phenoxy) is 1. The molecule has 0 saturated carbocycles. The van der Waals surface area contributed by atoms with Gasteiger partial charge in [0, 0.05) is 19.8 Å². The Bertz CT molecular complexity index is 930. The van der Waals surface area contributed by atoms with Crippen molar-refractivity contribution in [3.8, 4) is 5.75 Å². The van der Waals surface area contributed by atoms with Gasteiger partial charge >= 0.3 is 12.6 Å². The van der Waals surface area contributed by atoms with E-state index in [4.69, 9.17) is 0 Å². The molecule has 1 aliphatic rings. The highest BCUT2D eigenvalue weighted by molar-refractivity contribution is 6.07. The Labute approximate surface area is 166 Å². The van der Waals surface area contributed by atoms with Crippen molar-refractivity contribution in [2.75, 3.05) is 19.0 Å². The summed E-state index contributed by atoms with van der Waals surface area (Å²) >= 11 is 0. The number of amides is 3. The number of urea groups is 1. The number of nitrogens with zero attached hydrogens (tertiary/aromatic N) is 3. The molecule has 1 atom stereocenters. The minimum absolute atomic E-state index is 0.0415. The van der Waals surface area contributed by atoms with Gasteiger partial charge in [0.2, 0.25) is 0 Å². The molecule has 1 fully saturated rings. The molecule has 0 spiro atoms. The number of hydrogen-bond acceptors (Lipinski definition) is 5. The van der Waals surface area contributed by atoms with Crippen LogP contribution in [0.4, 0.5) is 19.3 Å². The summed E-state index contributed by atoms with van der Waals surface area (Å²) in [4.78, 5) is 27.1. The van der Waals surface area contributed by atoms with Crippen LogP contribution in [0.25, 0.3) is 0 Å². The minimum Gasteiger partial charge on any atom is -0.435 e. The maximum atomic E-state index is 12.8. The maximum Gasteiger partial charge on any atom is 0.387 e. The molecule has 3 amide bonds. The predicted molar refractivity (Wildman–Crippen MR) is 104 cm³/mol. The van der Waals surface area contributed by atoms with Crippen LogP contribution in [0.15, 0.2) is 53.6 Å². The molecule has 0 aliphatic carbocycles. The van der Waals surface area contributed by atoms with Crippen LogP contribution in [0.3, 0.4) is 0 Å². The van der Waals surface area contributed by atoms with Crippen LogP contribution in [0.2, 0.25) is 0 Å². The second-order valence-corrected chi connectivity index (χ2v) is 6.81. The number of hydrogen-bond donors (Lipinski definition) is 1. The lowest BCUT2D eigenvalue weighted by atomic mass is 9.92. The Kier molecular flexibility index (Phi) is 5.49. The van der Waals surface area contributed by atoms with Crippen molar-refractivity contribution in [3.05, 3.63) is 59.7 Å². The van der Waals surface area contributed by atoms with Gasteiger partial charge in [0.25, 0.3) is 5.91 Å². The highest BCUT2D eigenvalue weighted by Gasteiger charge is 2.49. The summed E-state index contributed by atoms with van der Waals surface area (Å²) < 4.78 is 28.9. The standard InChI is InChI=1S/C20H20F2N4O3/c1-20(14-6-10-16(11-7-14)29-18(21)22)17(27)26(19(28)24-20)23-12-13-4-8-15(9-5-13)25(2)3/h4-12,18H,1-3H3,(H,24,28). The van der Waals surface area contributed by atoms with E-state index >= 15 is 0 Å². The van der Waals surface area contributed by atoms with Gasteiger partial charge in [0.15, 0.2) is 0 Å². The monoisotopic (exact) mass is 402 g/mol. The summed E-state index contributed by atoms with van der Waals surface area (Å²) in [7, 11) is 3.84. The molecule has 1 aliphatic heterocycles. The second kappa shape index (κ2) is 7.86.